The van der Waals surface area contributed by atoms with Gasteiger partial charge in [0.15, 0.2) is 0 Å². The molecule has 2 nitrogen and oxygen atoms in total. The van der Waals surface area contributed by atoms with Crippen LogP contribution in [0.5, 0.6) is 0 Å². The molecule has 88 valence electrons. The Hall–Kier alpha value is -0.900. The molecule has 0 aromatic heterocycles. The SMILES string of the molecule is CC(C)C(Br)C(=O)N(C)c1ccccc1F. The first kappa shape index (κ1) is 13.2. The van der Waals surface area contributed by atoms with Crippen LogP contribution in [0.1, 0.15) is 13.8 Å². The Balaban J connectivity index is 2.91. The Kier molecular flexibility index (Phi) is 4.47. The third-order valence-corrected chi connectivity index (χ3v) is 3.81. The second kappa shape index (κ2) is 5.43. The monoisotopic (exact) mass is 287 g/mol. The zero-order valence-corrected chi connectivity index (χ0v) is 11.2. The van der Waals surface area contributed by atoms with Gasteiger partial charge in [0.05, 0.1) is 10.5 Å². The lowest BCUT2D eigenvalue weighted by atomic mass is 10.1. The van der Waals surface area contributed by atoms with Crippen molar-refractivity contribution < 1.29 is 9.18 Å². The van der Waals surface area contributed by atoms with Crippen molar-refractivity contribution in [3.63, 3.8) is 0 Å². The van der Waals surface area contributed by atoms with Crippen LogP contribution < -0.4 is 4.90 Å². The van der Waals surface area contributed by atoms with Gasteiger partial charge in [0.2, 0.25) is 5.91 Å². The predicted molar refractivity (Wildman–Crippen MR) is 67.4 cm³/mol. The second-order valence-corrected chi connectivity index (χ2v) is 4.98. The maximum atomic E-state index is 13.5. The van der Waals surface area contributed by atoms with Gasteiger partial charge in [-0.15, -0.1) is 0 Å². The van der Waals surface area contributed by atoms with Gasteiger partial charge in [0, 0.05) is 7.05 Å². The van der Waals surface area contributed by atoms with E-state index in [-0.39, 0.29) is 22.5 Å². The van der Waals surface area contributed by atoms with E-state index in [1.54, 1.807) is 25.2 Å². The number of carbonyl (C=O) groups excluding carboxylic acids is 1. The van der Waals surface area contributed by atoms with E-state index in [1.165, 1.54) is 11.0 Å². The number of nitrogens with zero attached hydrogens (tertiary/aromatic N) is 1. The lowest BCUT2D eigenvalue weighted by molar-refractivity contribution is -0.118. The third-order valence-electron chi connectivity index (χ3n) is 2.37. The molecule has 0 saturated carbocycles. The molecule has 0 saturated heterocycles. The first-order valence-corrected chi connectivity index (χ1v) is 6.03. The normalized spacial score (nSPS) is 12.6. The summed E-state index contributed by atoms with van der Waals surface area (Å²) >= 11 is 3.32. The van der Waals surface area contributed by atoms with E-state index in [1.807, 2.05) is 13.8 Å². The van der Waals surface area contributed by atoms with Crippen molar-refractivity contribution in [1.82, 2.24) is 0 Å². The number of carbonyl (C=O) groups is 1. The van der Waals surface area contributed by atoms with Gasteiger partial charge in [-0.25, -0.2) is 4.39 Å². The predicted octanol–water partition coefficient (Wildman–Crippen LogP) is 3.21. The van der Waals surface area contributed by atoms with E-state index in [2.05, 4.69) is 15.9 Å². The van der Waals surface area contributed by atoms with Crippen molar-refractivity contribution in [2.45, 2.75) is 18.7 Å². The molecule has 1 unspecified atom stereocenters. The molecule has 0 aliphatic rings. The first-order valence-electron chi connectivity index (χ1n) is 5.11. The van der Waals surface area contributed by atoms with Crippen molar-refractivity contribution in [3.05, 3.63) is 30.1 Å². The molecule has 0 heterocycles. The largest absolute Gasteiger partial charge is 0.312 e. The number of halogens is 2. The standard InChI is InChI=1S/C12H15BrFNO/c1-8(2)11(13)12(16)15(3)10-7-5-4-6-9(10)14/h4-8,11H,1-3H3. The molecule has 1 aromatic carbocycles. The van der Waals surface area contributed by atoms with Gasteiger partial charge in [-0.2, -0.15) is 0 Å². The van der Waals surface area contributed by atoms with Gasteiger partial charge in [0.1, 0.15) is 5.82 Å². The van der Waals surface area contributed by atoms with Crippen LogP contribution >= 0.6 is 15.9 Å². The minimum Gasteiger partial charge on any atom is -0.312 e. The number of amides is 1. The molecule has 0 aliphatic heterocycles. The maximum absolute atomic E-state index is 13.5. The highest BCUT2D eigenvalue weighted by molar-refractivity contribution is 9.10. The molecule has 16 heavy (non-hydrogen) atoms. The van der Waals surface area contributed by atoms with Crippen LogP contribution in [-0.4, -0.2) is 17.8 Å². The molecule has 0 aliphatic carbocycles. The van der Waals surface area contributed by atoms with E-state index in [9.17, 15) is 9.18 Å². The topological polar surface area (TPSA) is 20.3 Å². The van der Waals surface area contributed by atoms with Crippen LogP contribution in [0.3, 0.4) is 0 Å². The Labute approximate surface area is 104 Å². The van der Waals surface area contributed by atoms with Gasteiger partial charge in [-0.05, 0) is 18.1 Å². The van der Waals surface area contributed by atoms with Gasteiger partial charge in [0.25, 0.3) is 0 Å². The summed E-state index contributed by atoms with van der Waals surface area (Å²) in [5.74, 6) is -0.358. The Morgan fingerprint density at radius 2 is 1.94 bits per heavy atom. The molecule has 0 spiro atoms. The van der Waals surface area contributed by atoms with Crippen molar-refractivity contribution in [2.24, 2.45) is 5.92 Å². The third kappa shape index (κ3) is 2.82. The Bertz CT molecular complexity index is 381. The first-order chi connectivity index (χ1) is 7.45. The summed E-state index contributed by atoms with van der Waals surface area (Å²) in [7, 11) is 1.58. The van der Waals surface area contributed by atoms with Crippen LogP contribution in [0.4, 0.5) is 10.1 Å². The smallest absolute Gasteiger partial charge is 0.240 e. The summed E-state index contributed by atoms with van der Waals surface area (Å²) in [6, 6.07) is 6.25. The zero-order valence-electron chi connectivity index (χ0n) is 9.58. The molecule has 4 heteroatoms. The summed E-state index contributed by atoms with van der Waals surface area (Å²) in [5, 5.41) is 0. The average Bonchev–Trinajstić information content (AvgIpc) is 2.26. The summed E-state index contributed by atoms with van der Waals surface area (Å²) in [6.45, 7) is 3.87. The molecular formula is C12H15BrFNO. The summed E-state index contributed by atoms with van der Waals surface area (Å²) in [5.41, 5.74) is 0.303. The van der Waals surface area contributed by atoms with Crippen LogP contribution in [0.2, 0.25) is 0 Å². The number of rotatable bonds is 3. The Morgan fingerprint density at radius 3 is 2.44 bits per heavy atom. The van der Waals surface area contributed by atoms with Gasteiger partial charge in [-0.1, -0.05) is 41.9 Å². The number of alkyl halides is 1. The van der Waals surface area contributed by atoms with Gasteiger partial charge >= 0.3 is 0 Å². The second-order valence-electron chi connectivity index (χ2n) is 3.99. The fourth-order valence-electron chi connectivity index (χ4n) is 1.31. The molecule has 1 amide bonds. The van der Waals surface area contributed by atoms with Crippen molar-refractivity contribution in [3.8, 4) is 0 Å². The molecule has 1 aromatic rings. The van der Waals surface area contributed by atoms with Crippen molar-refractivity contribution in [2.75, 3.05) is 11.9 Å². The van der Waals surface area contributed by atoms with E-state index in [0.29, 0.717) is 5.69 Å². The molecule has 1 atom stereocenters. The average molecular weight is 288 g/mol. The number of anilines is 1. The minimum atomic E-state index is -0.387. The van der Waals surface area contributed by atoms with Crippen molar-refractivity contribution >= 4 is 27.5 Å². The number of hydrogen-bond acceptors (Lipinski definition) is 1. The highest BCUT2D eigenvalue weighted by atomic mass is 79.9. The molecule has 0 bridgehead atoms. The van der Waals surface area contributed by atoms with Crippen LogP contribution in [-0.2, 0) is 4.79 Å². The Morgan fingerprint density at radius 1 is 1.38 bits per heavy atom. The van der Waals surface area contributed by atoms with E-state index >= 15 is 0 Å². The van der Waals surface area contributed by atoms with Crippen LogP contribution in [0, 0.1) is 11.7 Å². The fourth-order valence-corrected chi connectivity index (χ4v) is 1.62. The zero-order chi connectivity index (χ0) is 12.3. The molecule has 1 rings (SSSR count). The molecule has 0 N–H and O–H groups in total. The fraction of sp³-hybridized carbons (Fsp3) is 0.417. The van der Waals surface area contributed by atoms with E-state index in [4.69, 9.17) is 0 Å². The summed E-state index contributed by atoms with van der Waals surface area (Å²) < 4.78 is 13.5. The van der Waals surface area contributed by atoms with Crippen LogP contribution in [0.15, 0.2) is 24.3 Å². The number of hydrogen-bond donors (Lipinski definition) is 0. The van der Waals surface area contributed by atoms with Gasteiger partial charge in [-0.3, -0.25) is 4.79 Å². The maximum Gasteiger partial charge on any atom is 0.240 e. The number of para-hydroxylation sites is 1. The molecular weight excluding hydrogens is 273 g/mol. The lowest BCUT2D eigenvalue weighted by Crippen LogP contribution is -2.36. The summed E-state index contributed by atoms with van der Waals surface area (Å²) in [4.78, 5) is 13.0. The van der Waals surface area contributed by atoms with Crippen molar-refractivity contribution in [1.29, 1.82) is 0 Å². The molecule has 0 fully saturated rings. The minimum absolute atomic E-state index is 0.139. The van der Waals surface area contributed by atoms with E-state index < -0.39 is 0 Å². The molecule has 0 radical (unpaired) electrons. The van der Waals surface area contributed by atoms with E-state index in [0.717, 1.165) is 0 Å². The highest BCUT2D eigenvalue weighted by Gasteiger charge is 2.24. The van der Waals surface area contributed by atoms with Gasteiger partial charge < -0.3 is 4.90 Å². The number of benzene rings is 1. The summed E-state index contributed by atoms with van der Waals surface area (Å²) in [6.07, 6.45) is 0. The quantitative estimate of drug-likeness (QED) is 0.782. The van der Waals surface area contributed by atoms with Crippen LogP contribution in [0.25, 0.3) is 0 Å². The highest BCUT2D eigenvalue weighted by Crippen LogP contribution is 2.21. The lowest BCUT2D eigenvalue weighted by Gasteiger charge is -2.22.